The van der Waals surface area contributed by atoms with Crippen LogP contribution in [0.25, 0.3) is 0 Å². The van der Waals surface area contributed by atoms with Crippen molar-refractivity contribution in [2.75, 3.05) is 9.80 Å². The number of carbonyl (C=O) groups excluding carboxylic acids is 2. The second kappa shape index (κ2) is 9.28. The van der Waals surface area contributed by atoms with Crippen LogP contribution in [0, 0.1) is 0 Å². The molecule has 0 aliphatic carbocycles. The van der Waals surface area contributed by atoms with Gasteiger partial charge in [0.1, 0.15) is 0 Å². The highest BCUT2D eigenvalue weighted by atomic mass is 16.2. The molecule has 2 heterocycles. The maximum atomic E-state index is 14.4. The lowest BCUT2D eigenvalue weighted by atomic mass is 9.73. The molecule has 5 aromatic carbocycles. The van der Waals surface area contributed by atoms with E-state index in [9.17, 15) is 9.59 Å². The summed E-state index contributed by atoms with van der Waals surface area (Å²) in [4.78, 5) is 32.3. The molecule has 0 spiro atoms. The second-order valence-electron chi connectivity index (χ2n) is 12.2. The van der Waals surface area contributed by atoms with Crippen molar-refractivity contribution in [2.24, 2.45) is 0 Å². The first-order valence-electron chi connectivity index (χ1n) is 14.4. The molecule has 5 aromatic rings. The summed E-state index contributed by atoms with van der Waals surface area (Å²) >= 11 is 0. The molecule has 0 N–H and O–H groups in total. The first-order chi connectivity index (χ1) is 20.2. The van der Waals surface area contributed by atoms with Crippen LogP contribution in [0.4, 0.5) is 22.7 Å². The summed E-state index contributed by atoms with van der Waals surface area (Å²) in [6, 6.07) is 39.5. The molecule has 0 unspecified atom stereocenters. The number of carbonyl (C=O) groups is 2. The molecule has 0 aromatic heterocycles. The number of rotatable bonds is 2. The van der Waals surface area contributed by atoms with Gasteiger partial charge < -0.3 is 0 Å². The number of hydrogen-bond donors (Lipinski definition) is 0. The first-order valence-corrected chi connectivity index (χ1v) is 14.4. The van der Waals surface area contributed by atoms with Gasteiger partial charge in [-0.1, -0.05) is 107 Å². The quantitative estimate of drug-likeness (QED) is 0.221. The predicted molar refractivity (Wildman–Crippen MR) is 169 cm³/mol. The molecular formula is C38H32N2O2. The Morgan fingerprint density at radius 1 is 0.429 bits per heavy atom. The monoisotopic (exact) mass is 548 g/mol. The van der Waals surface area contributed by atoms with Crippen molar-refractivity contribution < 1.29 is 9.59 Å². The van der Waals surface area contributed by atoms with Crippen LogP contribution in [-0.2, 0) is 10.8 Å². The molecule has 2 aliphatic heterocycles. The largest absolute Gasteiger partial charge is 0.276 e. The fourth-order valence-electron chi connectivity index (χ4n) is 6.82. The van der Waals surface area contributed by atoms with Crippen LogP contribution < -0.4 is 9.80 Å². The third kappa shape index (κ3) is 3.68. The maximum absolute atomic E-state index is 14.4. The van der Waals surface area contributed by atoms with Crippen molar-refractivity contribution in [1.29, 1.82) is 0 Å². The Morgan fingerprint density at radius 2 is 0.714 bits per heavy atom. The van der Waals surface area contributed by atoms with Gasteiger partial charge in [-0.3, -0.25) is 19.4 Å². The zero-order valence-electron chi connectivity index (χ0n) is 24.3. The van der Waals surface area contributed by atoms with Gasteiger partial charge in [0.25, 0.3) is 11.8 Å². The normalized spacial score (nSPS) is 15.6. The van der Waals surface area contributed by atoms with Gasteiger partial charge in [0, 0.05) is 22.0 Å². The van der Waals surface area contributed by atoms with Crippen LogP contribution in [0.5, 0.6) is 0 Å². The van der Waals surface area contributed by atoms with Gasteiger partial charge in [-0.25, -0.2) is 0 Å². The third-order valence-corrected chi connectivity index (χ3v) is 9.04. The number of hydrogen-bond acceptors (Lipinski definition) is 2. The number of nitrogens with zero attached hydrogens (tertiary/aromatic N) is 2. The highest BCUT2D eigenvalue weighted by molar-refractivity contribution is 6.16. The van der Waals surface area contributed by atoms with E-state index >= 15 is 0 Å². The molecule has 0 fully saturated rings. The van der Waals surface area contributed by atoms with Crippen molar-refractivity contribution in [1.82, 2.24) is 0 Å². The van der Waals surface area contributed by atoms with Gasteiger partial charge >= 0.3 is 0 Å². The van der Waals surface area contributed by atoms with E-state index < -0.39 is 0 Å². The highest BCUT2D eigenvalue weighted by Crippen LogP contribution is 2.50. The van der Waals surface area contributed by atoms with E-state index in [0.29, 0.717) is 11.1 Å². The zero-order chi connectivity index (χ0) is 29.2. The third-order valence-electron chi connectivity index (χ3n) is 9.04. The van der Waals surface area contributed by atoms with E-state index in [0.717, 1.165) is 45.0 Å². The molecule has 0 radical (unpaired) electrons. The molecule has 0 saturated heterocycles. The molecule has 2 aliphatic rings. The van der Waals surface area contributed by atoms with Crippen LogP contribution in [-0.4, -0.2) is 11.8 Å². The lowest BCUT2D eigenvalue weighted by molar-refractivity contribution is 0.0997. The second-order valence-corrected chi connectivity index (χ2v) is 12.2. The molecule has 4 heteroatoms. The summed E-state index contributed by atoms with van der Waals surface area (Å²) in [6.07, 6.45) is 0. The topological polar surface area (TPSA) is 40.6 Å². The lowest BCUT2D eigenvalue weighted by Crippen LogP contribution is -2.37. The maximum Gasteiger partial charge on any atom is 0.262 e. The smallest absolute Gasteiger partial charge is 0.262 e. The molecule has 206 valence electrons. The Morgan fingerprint density at radius 3 is 1.02 bits per heavy atom. The van der Waals surface area contributed by atoms with Crippen LogP contribution in [0.2, 0.25) is 0 Å². The number of benzene rings is 5. The molecule has 0 saturated carbocycles. The highest BCUT2D eigenvalue weighted by Gasteiger charge is 2.40. The Labute approximate surface area is 246 Å². The minimum absolute atomic E-state index is 0.166. The van der Waals surface area contributed by atoms with Crippen LogP contribution in [0.3, 0.4) is 0 Å². The fourth-order valence-corrected chi connectivity index (χ4v) is 6.82. The standard InChI is InChI=1S/C38H32N2O2/c1-37(2)27-16-5-9-20-31(27)39(32-21-10-6-17-28(32)37)35(41)25-14-13-15-26(24-25)36(42)40-33-22-11-7-18-29(33)38(3,4)30-19-8-12-23-34(30)40/h5-24H,1-4H3. The molecule has 0 atom stereocenters. The van der Waals surface area contributed by atoms with Crippen molar-refractivity contribution in [3.8, 4) is 0 Å². The molecule has 7 rings (SSSR count). The van der Waals surface area contributed by atoms with Gasteiger partial charge in [0.15, 0.2) is 0 Å². The average molecular weight is 549 g/mol. The van der Waals surface area contributed by atoms with Gasteiger partial charge in [0.05, 0.1) is 22.7 Å². The molecule has 2 amide bonds. The number of para-hydroxylation sites is 4. The summed E-state index contributed by atoms with van der Waals surface area (Å²) in [7, 11) is 0. The Balaban J connectivity index is 1.33. The van der Waals surface area contributed by atoms with Gasteiger partial charge in [-0.05, 0) is 64.7 Å². The van der Waals surface area contributed by atoms with Crippen molar-refractivity contribution in [3.05, 3.63) is 155 Å². The number of fused-ring (bicyclic) bond motifs is 4. The SMILES string of the molecule is CC1(C)c2ccccc2N(C(=O)c2cccc(C(=O)N3c4ccccc4C(C)(C)c4ccccc43)c2)c2ccccc21. The van der Waals surface area contributed by atoms with Crippen molar-refractivity contribution in [2.45, 2.75) is 38.5 Å². The molecule has 4 nitrogen and oxygen atoms in total. The summed E-state index contributed by atoms with van der Waals surface area (Å²) in [5, 5.41) is 0. The van der Waals surface area contributed by atoms with Crippen molar-refractivity contribution >= 4 is 34.6 Å². The van der Waals surface area contributed by atoms with E-state index in [1.807, 2.05) is 72.8 Å². The van der Waals surface area contributed by atoms with Crippen LogP contribution >= 0.6 is 0 Å². The Kier molecular flexibility index (Phi) is 5.74. The summed E-state index contributed by atoms with van der Waals surface area (Å²) in [5.74, 6) is -0.332. The van der Waals surface area contributed by atoms with Gasteiger partial charge in [-0.15, -0.1) is 0 Å². The minimum Gasteiger partial charge on any atom is -0.276 e. The molecule has 42 heavy (non-hydrogen) atoms. The predicted octanol–water partition coefficient (Wildman–Crippen LogP) is 8.92. The summed E-state index contributed by atoms with van der Waals surface area (Å²) in [5.41, 5.74) is 8.23. The Hall–Kier alpha value is -4.96. The molecule has 0 bridgehead atoms. The minimum atomic E-state index is -0.259. The molecular weight excluding hydrogens is 516 g/mol. The summed E-state index contributed by atoms with van der Waals surface area (Å²) in [6.45, 7) is 8.78. The first kappa shape index (κ1) is 26.0. The Bertz CT molecular complexity index is 1670. The van der Waals surface area contributed by atoms with E-state index in [1.54, 1.807) is 34.1 Å². The van der Waals surface area contributed by atoms with E-state index in [1.165, 1.54) is 0 Å². The number of amides is 2. The van der Waals surface area contributed by atoms with Gasteiger partial charge in [-0.2, -0.15) is 0 Å². The van der Waals surface area contributed by atoms with E-state index in [2.05, 4.69) is 52.0 Å². The van der Waals surface area contributed by atoms with Crippen LogP contribution in [0.1, 0.15) is 70.7 Å². The van der Waals surface area contributed by atoms with Gasteiger partial charge in [0.2, 0.25) is 0 Å². The van der Waals surface area contributed by atoms with E-state index in [-0.39, 0.29) is 22.6 Å². The fraction of sp³-hybridized carbons (Fsp3) is 0.158. The van der Waals surface area contributed by atoms with Crippen LogP contribution in [0.15, 0.2) is 121 Å². The lowest BCUT2D eigenvalue weighted by Gasteiger charge is -2.41. The zero-order valence-corrected chi connectivity index (χ0v) is 24.3. The summed E-state index contributed by atoms with van der Waals surface area (Å²) < 4.78 is 0. The number of anilines is 4. The average Bonchev–Trinajstić information content (AvgIpc) is 3.01. The van der Waals surface area contributed by atoms with E-state index in [4.69, 9.17) is 0 Å². The van der Waals surface area contributed by atoms with Crippen molar-refractivity contribution in [3.63, 3.8) is 0 Å².